The van der Waals surface area contributed by atoms with Crippen LogP contribution in [0.1, 0.15) is 63.5 Å². The van der Waals surface area contributed by atoms with E-state index in [2.05, 4.69) is 16.6 Å². The van der Waals surface area contributed by atoms with Crippen LogP contribution in [-0.4, -0.2) is 77.3 Å². The number of fused-ring (bicyclic) bond motifs is 1. The van der Waals surface area contributed by atoms with Gasteiger partial charge in [0.15, 0.2) is 5.78 Å². The average Bonchev–Trinajstić information content (AvgIpc) is 3.86. The monoisotopic (exact) mass is 644 g/mol. The van der Waals surface area contributed by atoms with Crippen LogP contribution < -0.4 is 10.0 Å². The largest absolute Gasteiger partial charge is 0.444 e. The van der Waals surface area contributed by atoms with Gasteiger partial charge in [-0.25, -0.2) is 17.6 Å². The highest BCUT2D eigenvalue weighted by Crippen LogP contribution is 2.45. The van der Waals surface area contributed by atoms with Crippen LogP contribution >= 0.6 is 0 Å². The fourth-order valence-corrected chi connectivity index (χ4v) is 7.29. The number of allylic oxidation sites excluding steroid dienone is 2. The summed E-state index contributed by atoms with van der Waals surface area (Å²) in [5.74, 6) is -3.34. The van der Waals surface area contributed by atoms with Gasteiger partial charge < -0.3 is 15.0 Å². The van der Waals surface area contributed by atoms with Crippen molar-refractivity contribution >= 4 is 39.6 Å². The van der Waals surface area contributed by atoms with Gasteiger partial charge in [0.1, 0.15) is 23.5 Å². The van der Waals surface area contributed by atoms with Gasteiger partial charge in [0.25, 0.3) is 5.91 Å². The van der Waals surface area contributed by atoms with Crippen LogP contribution in [0.3, 0.4) is 0 Å². The van der Waals surface area contributed by atoms with Crippen LogP contribution in [0.15, 0.2) is 42.5 Å². The van der Waals surface area contributed by atoms with Crippen LogP contribution in [0, 0.1) is 11.7 Å². The molecule has 4 atom stereocenters. The predicted molar refractivity (Wildman–Crippen MR) is 159 cm³/mol. The topological polar surface area (TPSA) is 159 Å². The van der Waals surface area contributed by atoms with Gasteiger partial charge in [0.2, 0.25) is 21.8 Å². The number of likely N-dealkylation sites (tertiary alicyclic amines) is 1. The molecule has 4 aliphatic rings. The number of hydrogen-bond donors (Lipinski definition) is 2. The van der Waals surface area contributed by atoms with Gasteiger partial charge in [-0.05, 0) is 50.8 Å². The molecule has 45 heavy (non-hydrogen) atoms. The third-order valence-electron chi connectivity index (χ3n) is 8.62. The van der Waals surface area contributed by atoms with Gasteiger partial charge in [-0.1, -0.05) is 23.8 Å². The second kappa shape index (κ2) is 12.4. The van der Waals surface area contributed by atoms with E-state index in [1.165, 1.54) is 28.0 Å². The molecule has 1 unspecified atom stereocenters. The lowest BCUT2D eigenvalue weighted by Crippen LogP contribution is -2.56. The maximum absolute atomic E-state index is 14.2. The Hall–Kier alpha value is -4.07. The van der Waals surface area contributed by atoms with Crippen LogP contribution in [0.25, 0.3) is 0 Å². The SMILES string of the molecule is C=C[C@@H]1C[C@]1(NC(=O)C1C[C@@H](OC(=O)N2Cc3cccc(F)c3C2)CN1C(=O)CCC(=O)C=C(C)C)C(=O)NS(=O)(=O)C1CC1. The molecule has 5 rings (SSSR count). The first kappa shape index (κ1) is 32.3. The van der Waals surface area contributed by atoms with E-state index in [-0.39, 0.29) is 51.1 Å². The minimum atomic E-state index is -3.89. The summed E-state index contributed by atoms with van der Waals surface area (Å²) in [7, 11) is -3.89. The third kappa shape index (κ3) is 6.95. The molecule has 2 heterocycles. The molecule has 0 bridgehead atoms. The molecule has 1 aromatic carbocycles. The molecule has 0 radical (unpaired) electrons. The lowest BCUT2D eigenvalue weighted by molar-refractivity contribution is -0.140. The normalized spacial score (nSPS) is 25.2. The number of benzene rings is 1. The highest BCUT2D eigenvalue weighted by molar-refractivity contribution is 7.91. The molecule has 1 saturated heterocycles. The summed E-state index contributed by atoms with van der Waals surface area (Å²) >= 11 is 0. The second-order valence-corrected chi connectivity index (χ2v) is 14.4. The van der Waals surface area contributed by atoms with E-state index in [0.29, 0.717) is 24.0 Å². The second-order valence-electron chi connectivity index (χ2n) is 12.4. The smallest absolute Gasteiger partial charge is 0.410 e. The fraction of sp³-hybridized carbons (Fsp3) is 0.516. The summed E-state index contributed by atoms with van der Waals surface area (Å²) < 4.78 is 46.9. The first-order valence-corrected chi connectivity index (χ1v) is 16.5. The van der Waals surface area contributed by atoms with E-state index in [1.807, 2.05) is 0 Å². The van der Waals surface area contributed by atoms with Gasteiger partial charge in [0, 0.05) is 37.3 Å². The minimum Gasteiger partial charge on any atom is -0.444 e. The molecule has 242 valence electrons. The van der Waals surface area contributed by atoms with Gasteiger partial charge in [-0.3, -0.25) is 28.8 Å². The van der Waals surface area contributed by atoms with Gasteiger partial charge in [-0.15, -0.1) is 6.58 Å². The molecule has 2 N–H and O–H groups in total. The van der Waals surface area contributed by atoms with E-state index < -0.39 is 68.5 Å². The molecule has 1 aromatic rings. The van der Waals surface area contributed by atoms with Gasteiger partial charge in [0.05, 0.1) is 18.3 Å². The molecule has 4 amide bonds. The molecule has 2 aliphatic carbocycles. The first-order chi connectivity index (χ1) is 21.2. The van der Waals surface area contributed by atoms with E-state index in [1.54, 1.807) is 26.0 Å². The molecular formula is C31H37FN4O8S. The number of carbonyl (C=O) groups excluding carboxylic acids is 5. The van der Waals surface area contributed by atoms with Crippen molar-refractivity contribution in [1.29, 1.82) is 0 Å². The maximum Gasteiger partial charge on any atom is 0.410 e. The summed E-state index contributed by atoms with van der Waals surface area (Å²) in [6, 6.07) is 3.41. The van der Waals surface area contributed by atoms with Crippen LogP contribution in [-0.2, 0) is 47.0 Å². The molecule has 14 heteroatoms. The zero-order valence-corrected chi connectivity index (χ0v) is 26.0. The Morgan fingerprint density at radius 1 is 1.13 bits per heavy atom. The van der Waals surface area contributed by atoms with E-state index >= 15 is 0 Å². The number of ketones is 1. The van der Waals surface area contributed by atoms with Crippen molar-refractivity contribution in [2.45, 2.75) is 88.4 Å². The van der Waals surface area contributed by atoms with Crippen molar-refractivity contribution in [3.8, 4) is 0 Å². The summed E-state index contributed by atoms with van der Waals surface area (Å²) in [4.78, 5) is 68.1. The van der Waals surface area contributed by atoms with Crippen molar-refractivity contribution in [3.63, 3.8) is 0 Å². The number of sulfonamides is 1. The molecule has 2 saturated carbocycles. The number of halogens is 1. The number of hydrogen-bond acceptors (Lipinski definition) is 8. The van der Waals surface area contributed by atoms with Crippen molar-refractivity contribution < 1.29 is 41.5 Å². The van der Waals surface area contributed by atoms with Gasteiger partial charge >= 0.3 is 6.09 Å². The Kier molecular flexibility index (Phi) is 8.89. The van der Waals surface area contributed by atoms with Crippen LogP contribution in [0.2, 0.25) is 0 Å². The van der Waals surface area contributed by atoms with Crippen molar-refractivity contribution in [2.24, 2.45) is 5.92 Å². The fourth-order valence-electron chi connectivity index (χ4n) is 5.92. The van der Waals surface area contributed by atoms with Crippen molar-refractivity contribution in [3.05, 3.63) is 59.4 Å². The number of amides is 4. The number of nitrogens with zero attached hydrogens (tertiary/aromatic N) is 2. The van der Waals surface area contributed by atoms with Crippen molar-refractivity contribution in [2.75, 3.05) is 6.54 Å². The third-order valence-corrected chi connectivity index (χ3v) is 10.4. The maximum atomic E-state index is 14.2. The van der Waals surface area contributed by atoms with E-state index in [4.69, 9.17) is 4.74 Å². The number of ether oxygens (including phenoxy) is 1. The highest BCUT2D eigenvalue weighted by atomic mass is 32.2. The summed E-state index contributed by atoms with van der Waals surface area (Å²) in [6.45, 7) is 7.20. The predicted octanol–water partition coefficient (Wildman–Crippen LogP) is 2.23. The zero-order valence-electron chi connectivity index (χ0n) is 25.2. The quantitative estimate of drug-likeness (QED) is 0.274. The summed E-state index contributed by atoms with van der Waals surface area (Å²) in [5.41, 5.74) is 0.261. The number of rotatable bonds is 11. The molecule has 0 aromatic heterocycles. The average molecular weight is 645 g/mol. The first-order valence-electron chi connectivity index (χ1n) is 14.9. The Morgan fingerprint density at radius 3 is 2.49 bits per heavy atom. The number of carbonyl (C=O) groups is 5. The molecule has 0 spiro atoms. The van der Waals surface area contributed by atoms with Gasteiger partial charge in [-0.2, -0.15) is 0 Å². The number of nitrogens with one attached hydrogen (secondary N) is 2. The molecule has 12 nitrogen and oxygen atoms in total. The Balaban J connectivity index is 1.30. The standard InChI is InChI=1S/C31H37FN4O8S/c1-4-20-14-31(20,29(40)34-45(42,43)23-9-10-23)33-28(39)26-13-22(16-36(26)27(38)11-8-21(37)12-18(2)3)44-30(41)35-15-19-6-5-7-25(32)24(19)17-35/h4-7,12,20,22-23,26H,1,8-11,13-17H2,2-3H3,(H,33,39)(H,34,40)/t20-,22-,26?,31-/m1/s1. The van der Waals surface area contributed by atoms with Crippen LogP contribution in [0.4, 0.5) is 9.18 Å². The highest BCUT2D eigenvalue weighted by Gasteiger charge is 2.62. The molecule has 2 aliphatic heterocycles. The van der Waals surface area contributed by atoms with E-state index in [0.717, 1.165) is 5.57 Å². The minimum absolute atomic E-state index is 0.0108. The Labute approximate surface area is 261 Å². The van der Waals surface area contributed by atoms with Crippen LogP contribution in [0.5, 0.6) is 0 Å². The summed E-state index contributed by atoms with van der Waals surface area (Å²) in [6.07, 6.45) is 1.84. The molecular weight excluding hydrogens is 607 g/mol. The summed E-state index contributed by atoms with van der Waals surface area (Å²) in [5, 5.41) is 2.01. The Bertz CT molecular complexity index is 1590. The van der Waals surface area contributed by atoms with E-state index in [9.17, 15) is 36.8 Å². The lowest BCUT2D eigenvalue weighted by Gasteiger charge is -2.26. The lowest BCUT2D eigenvalue weighted by atomic mass is 10.1. The Morgan fingerprint density at radius 2 is 1.87 bits per heavy atom. The molecule has 3 fully saturated rings. The zero-order chi connectivity index (χ0) is 32.7. The van der Waals surface area contributed by atoms with Crippen molar-refractivity contribution in [1.82, 2.24) is 19.8 Å².